The van der Waals surface area contributed by atoms with E-state index in [1.165, 1.54) is 15.6 Å². The van der Waals surface area contributed by atoms with Crippen molar-refractivity contribution in [2.45, 2.75) is 25.6 Å². The number of thiazole rings is 1. The highest BCUT2D eigenvalue weighted by Crippen LogP contribution is 2.26. The topological polar surface area (TPSA) is 71.7 Å². The number of ether oxygens (including phenoxy) is 1. The second-order valence-corrected chi connectivity index (χ2v) is 7.75. The fourth-order valence-electron chi connectivity index (χ4n) is 3.30. The predicted molar refractivity (Wildman–Crippen MR) is 93.7 cm³/mol. The summed E-state index contributed by atoms with van der Waals surface area (Å²) in [5.41, 5.74) is 2.01. The first-order chi connectivity index (χ1) is 12.3. The van der Waals surface area contributed by atoms with Crippen molar-refractivity contribution in [3.05, 3.63) is 34.0 Å². The van der Waals surface area contributed by atoms with Crippen LogP contribution >= 0.6 is 11.3 Å². The summed E-state index contributed by atoms with van der Waals surface area (Å²) in [6.45, 7) is 4.38. The minimum absolute atomic E-state index is 0.524. The third-order valence-corrected chi connectivity index (χ3v) is 5.94. The van der Waals surface area contributed by atoms with Crippen LogP contribution in [0.4, 0.5) is 5.82 Å². The molecule has 5 rings (SSSR count). The minimum Gasteiger partial charge on any atom is -0.375 e. The Balaban J connectivity index is 1.21. The molecular weight excluding hydrogens is 338 g/mol. The third kappa shape index (κ3) is 2.78. The molecule has 0 N–H and O–H groups in total. The summed E-state index contributed by atoms with van der Waals surface area (Å²) in [5, 5.41) is 13.6. The van der Waals surface area contributed by atoms with E-state index in [1.807, 2.05) is 12.1 Å². The number of nitrogens with zero attached hydrogens (tertiary/aromatic N) is 7. The van der Waals surface area contributed by atoms with E-state index >= 15 is 0 Å². The van der Waals surface area contributed by atoms with E-state index in [1.54, 1.807) is 22.2 Å². The zero-order valence-electron chi connectivity index (χ0n) is 14.0. The average Bonchev–Trinajstić information content (AvgIpc) is 3.18. The van der Waals surface area contributed by atoms with Gasteiger partial charge in [-0.15, -0.1) is 26.6 Å². The maximum atomic E-state index is 5.51. The van der Waals surface area contributed by atoms with Crippen LogP contribution in [0.1, 0.15) is 15.6 Å². The lowest BCUT2D eigenvalue weighted by Crippen LogP contribution is -2.58. The molecule has 0 spiro atoms. The molecular formula is C16H19N7OS. The monoisotopic (exact) mass is 357 g/mol. The number of hydrogen-bond donors (Lipinski definition) is 0. The maximum Gasteiger partial charge on any atom is 0.177 e. The van der Waals surface area contributed by atoms with E-state index in [9.17, 15) is 0 Å². The first-order valence-electron chi connectivity index (χ1n) is 8.44. The van der Waals surface area contributed by atoms with Crippen LogP contribution in [0.5, 0.6) is 0 Å². The van der Waals surface area contributed by atoms with Gasteiger partial charge in [-0.2, -0.15) is 4.52 Å². The van der Waals surface area contributed by atoms with Gasteiger partial charge in [-0.3, -0.25) is 4.90 Å². The Morgan fingerprint density at radius 2 is 2.28 bits per heavy atom. The average molecular weight is 357 g/mol. The molecule has 2 aliphatic heterocycles. The molecule has 0 amide bonds. The summed E-state index contributed by atoms with van der Waals surface area (Å²) in [6.07, 6.45) is 2.58. The molecule has 0 aliphatic carbocycles. The number of likely N-dealkylation sites (N-methyl/N-ethyl adjacent to an activating group) is 1. The lowest BCUT2D eigenvalue weighted by Gasteiger charge is -2.44. The van der Waals surface area contributed by atoms with E-state index in [0.717, 1.165) is 50.7 Å². The van der Waals surface area contributed by atoms with Gasteiger partial charge in [0.25, 0.3) is 0 Å². The van der Waals surface area contributed by atoms with Crippen LogP contribution in [-0.2, 0) is 24.3 Å². The molecule has 8 nitrogen and oxygen atoms in total. The van der Waals surface area contributed by atoms with Crippen molar-refractivity contribution < 1.29 is 4.74 Å². The van der Waals surface area contributed by atoms with Gasteiger partial charge in [-0.25, -0.2) is 4.98 Å². The highest BCUT2D eigenvalue weighted by Gasteiger charge is 2.31. The second-order valence-electron chi connectivity index (χ2n) is 6.58. The summed E-state index contributed by atoms with van der Waals surface area (Å²) in [5.74, 6) is 0.971. The molecule has 0 bridgehead atoms. The van der Waals surface area contributed by atoms with Crippen LogP contribution in [0, 0.1) is 0 Å². The van der Waals surface area contributed by atoms with Gasteiger partial charge in [0, 0.05) is 25.6 Å². The fourth-order valence-corrected chi connectivity index (χ4v) is 4.41. The Labute approximate surface area is 149 Å². The van der Waals surface area contributed by atoms with Crippen LogP contribution in [0.15, 0.2) is 18.5 Å². The van der Waals surface area contributed by atoms with Crippen molar-refractivity contribution in [2.75, 3.05) is 31.6 Å². The fraction of sp³-hybridized carbons (Fsp3) is 0.500. The largest absolute Gasteiger partial charge is 0.375 e. The summed E-state index contributed by atoms with van der Waals surface area (Å²) >= 11 is 1.79. The molecule has 3 aromatic rings. The van der Waals surface area contributed by atoms with Gasteiger partial charge < -0.3 is 9.64 Å². The first-order valence-corrected chi connectivity index (χ1v) is 9.25. The molecule has 0 radical (unpaired) electrons. The van der Waals surface area contributed by atoms with Crippen molar-refractivity contribution >= 4 is 22.8 Å². The van der Waals surface area contributed by atoms with Gasteiger partial charge in [0.05, 0.1) is 30.3 Å². The van der Waals surface area contributed by atoms with Gasteiger partial charge in [-0.1, -0.05) is 0 Å². The van der Waals surface area contributed by atoms with Crippen LogP contribution in [0.2, 0.25) is 0 Å². The summed E-state index contributed by atoms with van der Waals surface area (Å²) in [4.78, 5) is 10.8. The standard InChI is InChI=1S/C16H19N7OS/c1-21(8-16-18-12-4-5-24-9-13(12)25-16)11-6-22(7-11)15-3-2-14-19-17-10-23(14)20-15/h2-3,10-11H,4-9H2,1H3. The van der Waals surface area contributed by atoms with Crippen LogP contribution in [-0.4, -0.2) is 62.5 Å². The van der Waals surface area contributed by atoms with E-state index in [-0.39, 0.29) is 0 Å². The number of fused-ring (bicyclic) bond motifs is 2. The molecule has 9 heteroatoms. The zero-order valence-corrected chi connectivity index (χ0v) is 14.8. The molecule has 1 saturated heterocycles. The quantitative estimate of drug-likeness (QED) is 0.689. The van der Waals surface area contributed by atoms with E-state index < -0.39 is 0 Å². The summed E-state index contributed by atoms with van der Waals surface area (Å²) in [7, 11) is 2.18. The smallest absolute Gasteiger partial charge is 0.177 e. The van der Waals surface area contributed by atoms with Crippen LogP contribution in [0.25, 0.3) is 5.65 Å². The molecule has 2 aliphatic rings. The highest BCUT2D eigenvalue weighted by molar-refractivity contribution is 7.11. The van der Waals surface area contributed by atoms with Gasteiger partial charge in [0.1, 0.15) is 17.2 Å². The Hall–Kier alpha value is -2.10. The predicted octanol–water partition coefficient (Wildman–Crippen LogP) is 0.974. The van der Waals surface area contributed by atoms with Crippen molar-refractivity contribution in [2.24, 2.45) is 0 Å². The second kappa shape index (κ2) is 6.01. The normalized spacial score (nSPS) is 17.9. The number of hydrogen-bond acceptors (Lipinski definition) is 8. The molecule has 25 heavy (non-hydrogen) atoms. The SMILES string of the molecule is CN(Cc1nc2c(s1)COCC2)C1CN(c2ccc3nncn3n2)C1. The molecule has 0 unspecified atom stereocenters. The molecule has 1 fully saturated rings. The van der Waals surface area contributed by atoms with Crippen LogP contribution in [0.3, 0.4) is 0 Å². The van der Waals surface area contributed by atoms with Gasteiger partial charge >= 0.3 is 0 Å². The Morgan fingerprint density at radius 3 is 3.16 bits per heavy atom. The maximum absolute atomic E-state index is 5.51. The summed E-state index contributed by atoms with van der Waals surface area (Å²) in [6, 6.07) is 4.49. The molecule has 0 aromatic carbocycles. The van der Waals surface area contributed by atoms with Gasteiger partial charge in [0.15, 0.2) is 5.65 Å². The van der Waals surface area contributed by atoms with Crippen molar-refractivity contribution in [3.63, 3.8) is 0 Å². The van der Waals surface area contributed by atoms with E-state index in [0.29, 0.717) is 6.04 Å². The third-order valence-electron chi connectivity index (χ3n) is 4.88. The number of anilines is 1. The van der Waals surface area contributed by atoms with Crippen molar-refractivity contribution in [1.29, 1.82) is 0 Å². The number of rotatable bonds is 4. The molecule has 3 aromatic heterocycles. The zero-order chi connectivity index (χ0) is 16.8. The molecule has 0 saturated carbocycles. The van der Waals surface area contributed by atoms with Crippen molar-refractivity contribution in [1.82, 2.24) is 29.7 Å². The Bertz CT molecular complexity index is 877. The van der Waals surface area contributed by atoms with Crippen LogP contribution < -0.4 is 4.90 Å². The van der Waals surface area contributed by atoms with Gasteiger partial charge in [-0.05, 0) is 19.2 Å². The highest BCUT2D eigenvalue weighted by atomic mass is 32.1. The van der Waals surface area contributed by atoms with Gasteiger partial charge in [0.2, 0.25) is 0 Å². The first kappa shape index (κ1) is 15.2. The Kier molecular flexibility index (Phi) is 3.65. The lowest BCUT2D eigenvalue weighted by atomic mass is 10.1. The summed E-state index contributed by atoms with van der Waals surface area (Å²) < 4.78 is 7.23. The molecule has 5 heterocycles. The molecule has 0 atom stereocenters. The minimum atomic E-state index is 0.524. The molecule has 130 valence electrons. The number of aromatic nitrogens is 5. The Morgan fingerprint density at radius 1 is 1.36 bits per heavy atom. The van der Waals surface area contributed by atoms with E-state index in [4.69, 9.17) is 9.72 Å². The van der Waals surface area contributed by atoms with E-state index in [2.05, 4.69) is 32.1 Å². The lowest BCUT2D eigenvalue weighted by molar-refractivity contribution is 0.112. The van der Waals surface area contributed by atoms with Crippen molar-refractivity contribution in [3.8, 4) is 0 Å².